The molecule has 0 aromatic carbocycles. The van der Waals surface area contributed by atoms with Crippen LogP contribution in [0.3, 0.4) is 0 Å². The lowest BCUT2D eigenvalue weighted by Gasteiger charge is -2.22. The molecule has 0 bridgehead atoms. The molecule has 1 aliphatic rings. The monoisotopic (exact) mass is 316 g/mol. The van der Waals surface area contributed by atoms with Crippen molar-refractivity contribution < 1.29 is 9.21 Å². The summed E-state index contributed by atoms with van der Waals surface area (Å²) in [6.07, 6.45) is 3.61. The molecule has 1 fully saturated rings. The van der Waals surface area contributed by atoms with Crippen LogP contribution in [0.15, 0.2) is 27.5 Å². The Bertz CT molecular complexity index is 772. The van der Waals surface area contributed by atoms with E-state index in [0.717, 1.165) is 25.9 Å². The quantitative estimate of drug-likeness (QED) is 0.893. The van der Waals surface area contributed by atoms with E-state index in [4.69, 9.17) is 4.42 Å². The molecule has 1 atom stereocenters. The van der Waals surface area contributed by atoms with Gasteiger partial charge in [0.05, 0.1) is 6.20 Å². The van der Waals surface area contributed by atoms with E-state index >= 15 is 0 Å². The maximum atomic E-state index is 12.4. The van der Waals surface area contributed by atoms with Crippen LogP contribution >= 0.6 is 0 Å². The second kappa shape index (κ2) is 6.37. The smallest absolute Gasteiger partial charge is 0.349 e. The summed E-state index contributed by atoms with van der Waals surface area (Å²) in [4.78, 5) is 24.7. The van der Waals surface area contributed by atoms with E-state index < -0.39 is 11.5 Å². The number of nitrogens with one attached hydrogen (secondary N) is 2. The first-order valence-corrected chi connectivity index (χ1v) is 7.71. The van der Waals surface area contributed by atoms with E-state index in [0.29, 0.717) is 17.1 Å². The molecule has 1 unspecified atom stereocenters. The minimum atomic E-state index is -0.592. The molecule has 0 saturated carbocycles. The topological polar surface area (TPSA) is 89.2 Å². The number of hydrogen-bond donors (Lipinski definition) is 2. The molecule has 0 aliphatic carbocycles. The fourth-order valence-corrected chi connectivity index (χ4v) is 2.88. The second-order valence-corrected chi connectivity index (χ2v) is 5.83. The average Bonchev–Trinajstić information content (AvgIpc) is 2.92. The summed E-state index contributed by atoms with van der Waals surface area (Å²) in [5.41, 5.74) is 0.0745. The number of carbonyl (C=O) groups is 1. The Kier molecular flexibility index (Phi) is 4.29. The van der Waals surface area contributed by atoms with Crippen LogP contribution in [0.5, 0.6) is 0 Å². The third-order valence-corrected chi connectivity index (χ3v) is 4.16. The Morgan fingerprint density at radius 1 is 1.52 bits per heavy atom. The lowest BCUT2D eigenvalue weighted by Crippen LogP contribution is -2.30. The molecule has 23 heavy (non-hydrogen) atoms. The summed E-state index contributed by atoms with van der Waals surface area (Å²) in [6, 6.07) is 3.47. The van der Waals surface area contributed by atoms with E-state index in [2.05, 4.69) is 15.7 Å². The second-order valence-electron chi connectivity index (χ2n) is 5.83. The third kappa shape index (κ3) is 3.19. The molecular formula is C16H20N4O3. The Labute approximate surface area is 133 Å². The maximum absolute atomic E-state index is 12.4. The van der Waals surface area contributed by atoms with Crippen molar-refractivity contribution in [3.05, 3.63) is 45.6 Å². The Morgan fingerprint density at radius 2 is 2.35 bits per heavy atom. The van der Waals surface area contributed by atoms with Crippen molar-refractivity contribution in [1.82, 2.24) is 15.1 Å². The molecule has 0 radical (unpaired) electrons. The van der Waals surface area contributed by atoms with Gasteiger partial charge in [0.1, 0.15) is 17.1 Å². The molecule has 3 rings (SSSR count). The van der Waals surface area contributed by atoms with Crippen molar-refractivity contribution in [3.63, 3.8) is 0 Å². The highest BCUT2D eigenvalue weighted by atomic mass is 16.4. The van der Waals surface area contributed by atoms with Crippen molar-refractivity contribution in [2.45, 2.75) is 25.7 Å². The maximum Gasteiger partial charge on any atom is 0.349 e. The fraction of sp³-hybridized carbons (Fsp3) is 0.438. The predicted octanol–water partition coefficient (Wildman–Crippen LogP) is 1.40. The average molecular weight is 316 g/mol. The van der Waals surface area contributed by atoms with Gasteiger partial charge in [-0.1, -0.05) is 0 Å². The Hall–Kier alpha value is -2.41. The lowest BCUT2D eigenvalue weighted by atomic mass is 9.95. The number of nitrogens with zero attached hydrogens (tertiary/aromatic N) is 2. The van der Waals surface area contributed by atoms with Gasteiger partial charge in [0.2, 0.25) is 0 Å². The van der Waals surface area contributed by atoms with E-state index in [-0.39, 0.29) is 11.5 Å². The number of amides is 1. The fourth-order valence-electron chi connectivity index (χ4n) is 2.88. The van der Waals surface area contributed by atoms with Crippen LogP contribution in [-0.4, -0.2) is 28.8 Å². The number of piperidine rings is 1. The van der Waals surface area contributed by atoms with E-state index in [1.54, 1.807) is 32.3 Å². The third-order valence-electron chi connectivity index (χ3n) is 4.16. The largest absolute Gasteiger partial charge is 0.427 e. The van der Waals surface area contributed by atoms with Crippen LogP contribution in [-0.2, 0) is 7.05 Å². The molecule has 2 aromatic rings. The summed E-state index contributed by atoms with van der Waals surface area (Å²) < 4.78 is 6.95. The molecule has 2 N–H and O–H groups in total. The number of carbonyl (C=O) groups excluding carboxylic acids is 1. The SMILES string of the molecule is Cc1cc(C2CCCNC2)oc(=O)c1C(=O)Nc1ccnn1C. The Morgan fingerprint density at radius 3 is 2.96 bits per heavy atom. The molecule has 1 saturated heterocycles. The van der Waals surface area contributed by atoms with Gasteiger partial charge >= 0.3 is 5.63 Å². The van der Waals surface area contributed by atoms with Crippen molar-refractivity contribution >= 4 is 11.7 Å². The van der Waals surface area contributed by atoms with Crippen LogP contribution in [0.1, 0.15) is 40.4 Å². The summed E-state index contributed by atoms with van der Waals surface area (Å²) in [7, 11) is 1.71. The first-order chi connectivity index (χ1) is 11.1. The molecule has 1 amide bonds. The molecule has 122 valence electrons. The first kappa shape index (κ1) is 15.5. The van der Waals surface area contributed by atoms with E-state index in [1.165, 1.54) is 4.68 Å². The first-order valence-electron chi connectivity index (χ1n) is 7.71. The summed E-state index contributed by atoms with van der Waals surface area (Å²) in [5, 5.41) is 9.95. The van der Waals surface area contributed by atoms with Gasteiger partial charge in [-0.05, 0) is 37.9 Å². The predicted molar refractivity (Wildman–Crippen MR) is 85.7 cm³/mol. The number of anilines is 1. The molecule has 3 heterocycles. The van der Waals surface area contributed by atoms with Crippen molar-refractivity contribution in [3.8, 4) is 0 Å². The standard InChI is InChI=1S/C16H20N4O3/c1-10-8-12(11-4-3-6-17-9-11)23-16(22)14(10)15(21)19-13-5-7-18-20(13)2/h5,7-8,11,17H,3-4,6,9H2,1-2H3,(H,19,21). The van der Waals surface area contributed by atoms with Gasteiger partial charge in [-0.3, -0.25) is 9.48 Å². The number of rotatable bonds is 3. The molecule has 7 heteroatoms. The van der Waals surface area contributed by atoms with Gasteiger partial charge in [0.15, 0.2) is 0 Å². The zero-order valence-corrected chi connectivity index (χ0v) is 13.3. The lowest BCUT2D eigenvalue weighted by molar-refractivity contribution is 0.102. The van der Waals surface area contributed by atoms with Gasteiger partial charge in [-0.2, -0.15) is 5.10 Å². The molecule has 1 aliphatic heterocycles. The molecule has 7 nitrogen and oxygen atoms in total. The summed E-state index contributed by atoms with van der Waals surface area (Å²) >= 11 is 0. The van der Waals surface area contributed by atoms with Crippen molar-refractivity contribution in [2.75, 3.05) is 18.4 Å². The van der Waals surface area contributed by atoms with Gasteiger partial charge in [0.25, 0.3) is 5.91 Å². The zero-order valence-electron chi connectivity index (χ0n) is 13.3. The number of aryl methyl sites for hydroxylation is 2. The zero-order chi connectivity index (χ0) is 16.4. The number of hydrogen-bond acceptors (Lipinski definition) is 5. The summed E-state index contributed by atoms with van der Waals surface area (Å²) in [5.74, 6) is 0.878. The van der Waals surface area contributed by atoms with Gasteiger partial charge in [-0.15, -0.1) is 0 Å². The highest BCUT2D eigenvalue weighted by Crippen LogP contribution is 2.23. The van der Waals surface area contributed by atoms with Crippen LogP contribution in [0, 0.1) is 6.92 Å². The molecule has 2 aromatic heterocycles. The van der Waals surface area contributed by atoms with E-state index in [9.17, 15) is 9.59 Å². The van der Waals surface area contributed by atoms with Crippen LogP contribution in [0.25, 0.3) is 0 Å². The molecule has 0 spiro atoms. The van der Waals surface area contributed by atoms with Gasteiger partial charge < -0.3 is 15.1 Å². The van der Waals surface area contributed by atoms with Crippen LogP contribution in [0.4, 0.5) is 5.82 Å². The highest BCUT2D eigenvalue weighted by Gasteiger charge is 2.22. The van der Waals surface area contributed by atoms with E-state index in [1.807, 2.05) is 0 Å². The highest BCUT2D eigenvalue weighted by molar-refractivity contribution is 6.04. The van der Waals surface area contributed by atoms with Crippen LogP contribution < -0.4 is 16.3 Å². The number of aromatic nitrogens is 2. The van der Waals surface area contributed by atoms with Crippen molar-refractivity contribution in [1.29, 1.82) is 0 Å². The summed E-state index contributed by atoms with van der Waals surface area (Å²) in [6.45, 7) is 3.54. The van der Waals surface area contributed by atoms with Gasteiger partial charge in [0, 0.05) is 25.6 Å². The minimum Gasteiger partial charge on any atom is -0.427 e. The normalized spacial score (nSPS) is 17.9. The van der Waals surface area contributed by atoms with Gasteiger partial charge in [-0.25, -0.2) is 4.79 Å². The van der Waals surface area contributed by atoms with Crippen LogP contribution in [0.2, 0.25) is 0 Å². The minimum absolute atomic E-state index is 0.0405. The Balaban J connectivity index is 1.86. The molecular weight excluding hydrogens is 296 g/mol. The van der Waals surface area contributed by atoms with Crippen molar-refractivity contribution in [2.24, 2.45) is 7.05 Å².